The molecule has 0 radical (unpaired) electrons. The number of pyridine rings is 1. The molecule has 1 amide bonds. The fraction of sp³-hybridized carbons (Fsp3) is 0.238. The summed E-state index contributed by atoms with van der Waals surface area (Å²) in [6, 6.07) is 11.2. The zero-order valence-corrected chi connectivity index (χ0v) is 18.3. The van der Waals surface area contributed by atoms with E-state index < -0.39 is 16.0 Å². The molecule has 0 spiro atoms. The molecule has 0 atom stereocenters. The number of hydrogen-bond acceptors (Lipinski definition) is 5. The van der Waals surface area contributed by atoms with E-state index in [1.54, 1.807) is 38.1 Å². The highest BCUT2D eigenvalue weighted by atomic mass is 32.2. The SMILES string of the molecule is CCN(CC)S(=O)(=O)c1cccc(CC(=O)Nc2cc(-c3ccnc(F)c3)cs2)c1. The van der Waals surface area contributed by atoms with Crippen LogP contribution in [0.25, 0.3) is 11.1 Å². The van der Waals surface area contributed by atoms with Crippen LogP contribution in [0.4, 0.5) is 9.39 Å². The molecule has 2 heterocycles. The molecule has 0 saturated carbocycles. The first-order chi connectivity index (χ1) is 14.3. The van der Waals surface area contributed by atoms with Crippen molar-refractivity contribution in [3.63, 3.8) is 0 Å². The summed E-state index contributed by atoms with van der Waals surface area (Å²) < 4.78 is 40.0. The van der Waals surface area contributed by atoms with Gasteiger partial charge in [-0.3, -0.25) is 4.79 Å². The highest BCUT2D eigenvalue weighted by molar-refractivity contribution is 7.89. The van der Waals surface area contributed by atoms with Gasteiger partial charge in [-0.25, -0.2) is 13.4 Å². The average molecular weight is 448 g/mol. The van der Waals surface area contributed by atoms with Gasteiger partial charge in [0.05, 0.1) is 16.3 Å². The zero-order chi connectivity index (χ0) is 21.7. The fourth-order valence-electron chi connectivity index (χ4n) is 3.03. The average Bonchev–Trinajstić information content (AvgIpc) is 3.17. The van der Waals surface area contributed by atoms with E-state index in [1.807, 2.05) is 5.38 Å². The maximum Gasteiger partial charge on any atom is 0.243 e. The van der Waals surface area contributed by atoms with Crippen molar-refractivity contribution in [3.05, 3.63) is 65.6 Å². The first-order valence-electron chi connectivity index (χ1n) is 9.43. The standard InChI is InChI=1S/C21H22FN3O3S2/c1-3-25(4-2)30(27,28)18-7-5-6-15(10-18)11-20(26)24-21-13-17(14-29-21)16-8-9-23-19(22)12-16/h5-10,12-14H,3-4,11H2,1-2H3,(H,24,26). The van der Waals surface area contributed by atoms with Gasteiger partial charge in [-0.05, 0) is 41.0 Å². The summed E-state index contributed by atoms with van der Waals surface area (Å²) in [5, 5.41) is 5.25. The van der Waals surface area contributed by atoms with Crippen LogP contribution in [0.3, 0.4) is 0 Å². The number of thiophene rings is 1. The van der Waals surface area contributed by atoms with Crippen molar-refractivity contribution < 1.29 is 17.6 Å². The van der Waals surface area contributed by atoms with Gasteiger partial charge in [-0.15, -0.1) is 11.3 Å². The molecule has 3 aromatic rings. The van der Waals surface area contributed by atoms with E-state index in [-0.39, 0.29) is 17.2 Å². The van der Waals surface area contributed by atoms with E-state index in [4.69, 9.17) is 0 Å². The Morgan fingerprint density at radius 1 is 1.13 bits per heavy atom. The highest BCUT2D eigenvalue weighted by Crippen LogP contribution is 2.29. The Kier molecular flexibility index (Phi) is 6.96. The minimum absolute atomic E-state index is 0.0404. The number of rotatable bonds is 8. The highest BCUT2D eigenvalue weighted by Gasteiger charge is 2.22. The van der Waals surface area contributed by atoms with Crippen molar-refractivity contribution in [3.8, 4) is 11.1 Å². The summed E-state index contributed by atoms with van der Waals surface area (Å²) in [6.45, 7) is 4.33. The largest absolute Gasteiger partial charge is 0.317 e. The first-order valence-corrected chi connectivity index (χ1v) is 11.7. The van der Waals surface area contributed by atoms with Gasteiger partial charge in [0.1, 0.15) is 0 Å². The smallest absolute Gasteiger partial charge is 0.243 e. The maximum absolute atomic E-state index is 13.3. The molecule has 3 rings (SSSR count). The first kappa shape index (κ1) is 22.1. The molecule has 0 unspecified atom stereocenters. The molecule has 30 heavy (non-hydrogen) atoms. The fourth-order valence-corrected chi connectivity index (χ4v) is 5.39. The molecule has 0 aliphatic heterocycles. The number of benzene rings is 1. The van der Waals surface area contributed by atoms with Gasteiger partial charge in [0.15, 0.2) is 0 Å². The Labute approximate surface area is 179 Å². The van der Waals surface area contributed by atoms with Crippen LogP contribution in [-0.4, -0.2) is 36.7 Å². The van der Waals surface area contributed by atoms with E-state index in [9.17, 15) is 17.6 Å². The van der Waals surface area contributed by atoms with E-state index >= 15 is 0 Å². The van der Waals surface area contributed by atoms with E-state index in [1.165, 1.54) is 40.0 Å². The van der Waals surface area contributed by atoms with Crippen molar-refractivity contribution in [1.29, 1.82) is 0 Å². The minimum atomic E-state index is -3.58. The van der Waals surface area contributed by atoms with E-state index in [0.717, 1.165) is 5.56 Å². The van der Waals surface area contributed by atoms with Gasteiger partial charge in [0, 0.05) is 30.7 Å². The van der Waals surface area contributed by atoms with Crippen LogP contribution >= 0.6 is 11.3 Å². The quantitative estimate of drug-likeness (QED) is 0.526. The molecule has 2 aromatic heterocycles. The van der Waals surface area contributed by atoms with Crippen molar-refractivity contribution in [2.45, 2.75) is 25.2 Å². The van der Waals surface area contributed by atoms with Gasteiger partial charge in [0.25, 0.3) is 0 Å². The molecule has 0 bridgehead atoms. The van der Waals surface area contributed by atoms with Crippen molar-refractivity contribution in [2.24, 2.45) is 0 Å². The third-order valence-electron chi connectivity index (χ3n) is 4.53. The third-order valence-corrected chi connectivity index (χ3v) is 7.42. The predicted molar refractivity (Wildman–Crippen MR) is 116 cm³/mol. The number of nitrogens with one attached hydrogen (secondary N) is 1. The molecule has 6 nitrogen and oxygen atoms in total. The summed E-state index contributed by atoms with van der Waals surface area (Å²) in [5.74, 6) is -0.828. The number of carbonyl (C=O) groups is 1. The number of nitrogens with zero attached hydrogens (tertiary/aromatic N) is 2. The van der Waals surface area contributed by atoms with Crippen molar-refractivity contribution >= 4 is 32.3 Å². The number of sulfonamides is 1. The molecular formula is C21H22FN3O3S2. The number of anilines is 1. The van der Waals surface area contributed by atoms with Gasteiger partial charge in [-0.1, -0.05) is 26.0 Å². The summed E-state index contributed by atoms with van der Waals surface area (Å²) in [4.78, 5) is 16.2. The summed E-state index contributed by atoms with van der Waals surface area (Å²) >= 11 is 1.33. The second-order valence-corrected chi connectivity index (χ2v) is 9.38. The summed E-state index contributed by atoms with van der Waals surface area (Å²) in [5.41, 5.74) is 2.06. The van der Waals surface area contributed by atoms with Crippen LogP contribution in [0.2, 0.25) is 0 Å². The third kappa shape index (κ3) is 5.10. The number of halogens is 1. The lowest BCUT2D eigenvalue weighted by Gasteiger charge is -2.18. The Bertz CT molecular complexity index is 1140. The molecule has 1 aromatic carbocycles. The van der Waals surface area contributed by atoms with Crippen LogP contribution in [0, 0.1) is 5.95 Å². The lowest BCUT2D eigenvalue weighted by atomic mass is 10.1. The normalized spacial score (nSPS) is 11.6. The zero-order valence-electron chi connectivity index (χ0n) is 16.6. The summed E-state index contributed by atoms with van der Waals surface area (Å²) in [6.07, 6.45) is 1.43. The molecule has 0 aliphatic carbocycles. The van der Waals surface area contributed by atoms with Crippen molar-refractivity contribution in [1.82, 2.24) is 9.29 Å². The maximum atomic E-state index is 13.3. The predicted octanol–water partition coefficient (Wildman–Crippen LogP) is 4.16. The Balaban J connectivity index is 1.70. The van der Waals surface area contributed by atoms with Crippen LogP contribution in [0.15, 0.2) is 58.9 Å². The van der Waals surface area contributed by atoms with E-state index in [0.29, 0.717) is 29.2 Å². The molecule has 158 valence electrons. The van der Waals surface area contributed by atoms with Crippen molar-refractivity contribution in [2.75, 3.05) is 18.4 Å². The Morgan fingerprint density at radius 2 is 1.90 bits per heavy atom. The molecule has 0 fully saturated rings. The number of amides is 1. The van der Waals surface area contributed by atoms with Gasteiger partial charge < -0.3 is 5.32 Å². The number of hydrogen-bond donors (Lipinski definition) is 1. The lowest BCUT2D eigenvalue weighted by molar-refractivity contribution is -0.115. The monoisotopic (exact) mass is 447 g/mol. The van der Waals surface area contributed by atoms with Gasteiger partial charge in [0.2, 0.25) is 21.9 Å². The minimum Gasteiger partial charge on any atom is -0.317 e. The van der Waals surface area contributed by atoms with Gasteiger partial charge >= 0.3 is 0 Å². The Morgan fingerprint density at radius 3 is 2.60 bits per heavy atom. The number of carbonyl (C=O) groups excluding carboxylic acids is 1. The molecule has 1 N–H and O–H groups in total. The van der Waals surface area contributed by atoms with Crippen LogP contribution in [0.1, 0.15) is 19.4 Å². The van der Waals surface area contributed by atoms with Crippen LogP contribution < -0.4 is 5.32 Å². The van der Waals surface area contributed by atoms with Crippen LogP contribution in [0.5, 0.6) is 0 Å². The molecule has 9 heteroatoms. The second kappa shape index (κ2) is 9.46. The van der Waals surface area contributed by atoms with Crippen LogP contribution in [-0.2, 0) is 21.2 Å². The molecule has 0 aliphatic rings. The van der Waals surface area contributed by atoms with Gasteiger partial charge in [-0.2, -0.15) is 8.70 Å². The summed E-state index contributed by atoms with van der Waals surface area (Å²) in [7, 11) is -3.58. The molecular weight excluding hydrogens is 425 g/mol. The second-order valence-electron chi connectivity index (χ2n) is 6.53. The van der Waals surface area contributed by atoms with E-state index in [2.05, 4.69) is 10.3 Å². The number of aromatic nitrogens is 1. The lowest BCUT2D eigenvalue weighted by Crippen LogP contribution is -2.30. The molecule has 0 saturated heterocycles. The Hall–Kier alpha value is -2.62. The topological polar surface area (TPSA) is 79.4 Å².